The van der Waals surface area contributed by atoms with Crippen LogP contribution in [0.15, 0.2) is 51.7 Å². The first kappa shape index (κ1) is 20.4. The molecule has 0 atom stereocenters. The highest BCUT2D eigenvalue weighted by Crippen LogP contribution is 2.35. The molecule has 1 N–H and O–H groups in total. The van der Waals surface area contributed by atoms with E-state index < -0.39 is 29.0 Å². The minimum Gasteiger partial charge on any atom is -0.496 e. The zero-order chi connectivity index (χ0) is 21.2. The van der Waals surface area contributed by atoms with Gasteiger partial charge in [0, 0.05) is 10.9 Å². The summed E-state index contributed by atoms with van der Waals surface area (Å²) in [6, 6.07) is 9.16. The molecule has 0 saturated heterocycles. The van der Waals surface area contributed by atoms with E-state index in [2.05, 4.69) is 5.32 Å². The number of alkyl halides is 3. The van der Waals surface area contributed by atoms with E-state index >= 15 is 0 Å². The first-order valence-corrected chi connectivity index (χ1v) is 8.87. The fourth-order valence-electron chi connectivity index (χ4n) is 3.09. The van der Waals surface area contributed by atoms with Gasteiger partial charge in [-0.3, -0.25) is 4.79 Å². The van der Waals surface area contributed by atoms with Crippen molar-refractivity contribution in [3.8, 4) is 5.75 Å². The summed E-state index contributed by atoms with van der Waals surface area (Å²) >= 11 is 0. The maximum Gasteiger partial charge on any atom is 0.418 e. The number of rotatable bonds is 5. The number of halogens is 3. The summed E-state index contributed by atoms with van der Waals surface area (Å²) < 4.78 is 50.1. The van der Waals surface area contributed by atoms with Crippen LogP contribution in [0, 0.1) is 0 Å². The average molecular weight is 405 g/mol. The summed E-state index contributed by atoms with van der Waals surface area (Å²) in [4.78, 5) is 24.9. The lowest BCUT2D eigenvalue weighted by molar-refractivity contribution is -0.136. The van der Waals surface area contributed by atoms with Gasteiger partial charge >= 0.3 is 11.8 Å². The Balaban J connectivity index is 2.04. The smallest absolute Gasteiger partial charge is 0.418 e. The number of nitrogens with one attached hydrogen (secondary N) is 1. The minimum atomic E-state index is -4.65. The third kappa shape index (κ3) is 4.11. The number of carbonyl (C=O) groups is 1. The van der Waals surface area contributed by atoms with Crippen LogP contribution in [0.2, 0.25) is 0 Å². The number of aryl methyl sites for hydroxylation is 1. The van der Waals surface area contributed by atoms with E-state index in [1.807, 2.05) is 6.92 Å². The van der Waals surface area contributed by atoms with Gasteiger partial charge < -0.3 is 14.5 Å². The topological polar surface area (TPSA) is 68.5 Å². The molecule has 0 fully saturated rings. The number of fused-ring (bicyclic) bond motifs is 1. The lowest BCUT2D eigenvalue weighted by Crippen LogP contribution is -2.22. The first-order chi connectivity index (χ1) is 13.8. The molecule has 0 spiro atoms. The van der Waals surface area contributed by atoms with Crippen LogP contribution in [0.3, 0.4) is 0 Å². The lowest BCUT2D eigenvalue weighted by Gasteiger charge is -2.14. The summed E-state index contributed by atoms with van der Waals surface area (Å²) in [6.07, 6.45) is -3.28. The Hall–Kier alpha value is -3.29. The van der Waals surface area contributed by atoms with Gasteiger partial charge in [0.2, 0.25) is 0 Å². The number of hydrogen-bond acceptors (Lipinski definition) is 4. The highest BCUT2D eigenvalue weighted by molar-refractivity contribution is 6.06. The molecule has 0 aliphatic heterocycles. The van der Waals surface area contributed by atoms with Crippen molar-refractivity contribution in [2.24, 2.45) is 0 Å². The zero-order valence-electron chi connectivity index (χ0n) is 15.7. The van der Waals surface area contributed by atoms with Gasteiger partial charge in [-0.1, -0.05) is 25.5 Å². The van der Waals surface area contributed by atoms with Crippen molar-refractivity contribution in [1.29, 1.82) is 0 Å². The van der Waals surface area contributed by atoms with Crippen molar-refractivity contribution in [3.05, 3.63) is 69.6 Å². The maximum atomic E-state index is 13.1. The third-order valence-corrected chi connectivity index (χ3v) is 4.41. The second-order valence-corrected chi connectivity index (χ2v) is 6.36. The van der Waals surface area contributed by atoms with E-state index in [0.29, 0.717) is 28.7 Å². The Kier molecular flexibility index (Phi) is 5.63. The van der Waals surface area contributed by atoms with Gasteiger partial charge in [-0.25, -0.2) is 4.79 Å². The Labute approximate surface area is 164 Å². The van der Waals surface area contributed by atoms with Crippen molar-refractivity contribution in [2.45, 2.75) is 25.9 Å². The van der Waals surface area contributed by atoms with E-state index in [9.17, 15) is 22.8 Å². The third-order valence-electron chi connectivity index (χ3n) is 4.41. The molecule has 2 aromatic carbocycles. The van der Waals surface area contributed by atoms with Crippen LogP contribution >= 0.6 is 0 Å². The molecule has 0 radical (unpaired) electrons. The fraction of sp³-hybridized carbons (Fsp3) is 0.238. The molecule has 8 heteroatoms. The normalized spacial score (nSPS) is 11.5. The molecule has 3 aromatic rings. The Morgan fingerprint density at radius 1 is 1.17 bits per heavy atom. The predicted octanol–water partition coefficient (Wildman–Crippen LogP) is 5.03. The largest absolute Gasteiger partial charge is 0.496 e. The summed E-state index contributed by atoms with van der Waals surface area (Å²) in [6.45, 7) is 1.95. The Bertz CT molecular complexity index is 1120. The van der Waals surface area contributed by atoms with E-state index in [-0.39, 0.29) is 5.56 Å². The van der Waals surface area contributed by atoms with Crippen LogP contribution in [-0.2, 0) is 12.6 Å². The summed E-state index contributed by atoms with van der Waals surface area (Å²) in [5.74, 6) is -0.427. The van der Waals surface area contributed by atoms with Crippen molar-refractivity contribution in [2.75, 3.05) is 12.4 Å². The highest BCUT2D eigenvalue weighted by atomic mass is 19.4. The number of hydrogen-bond donors (Lipinski definition) is 1. The molecule has 3 rings (SSSR count). The molecule has 0 aliphatic carbocycles. The van der Waals surface area contributed by atoms with E-state index in [4.69, 9.17) is 9.15 Å². The molecular weight excluding hydrogens is 387 g/mol. The number of benzene rings is 2. The van der Waals surface area contributed by atoms with Crippen LogP contribution in [0.1, 0.15) is 34.8 Å². The second-order valence-electron chi connectivity index (χ2n) is 6.36. The number of para-hydroxylation sites is 1. The van der Waals surface area contributed by atoms with Crippen molar-refractivity contribution in [3.63, 3.8) is 0 Å². The summed E-state index contributed by atoms with van der Waals surface area (Å²) in [7, 11) is 1.50. The maximum absolute atomic E-state index is 13.1. The standard InChI is InChI=1S/C21H18F3NO4/c1-3-6-13-17(28-2)10-9-12-11-14(20(27)29-18(12)13)19(26)25-16-8-5-4-7-15(16)21(22,23)24/h4-5,7-11H,3,6H2,1-2H3,(H,25,26). The van der Waals surface area contributed by atoms with Crippen LogP contribution in [0.25, 0.3) is 11.0 Å². The van der Waals surface area contributed by atoms with Gasteiger partial charge in [0.25, 0.3) is 5.91 Å². The first-order valence-electron chi connectivity index (χ1n) is 8.87. The van der Waals surface area contributed by atoms with Crippen LogP contribution in [0.4, 0.5) is 18.9 Å². The van der Waals surface area contributed by atoms with E-state index in [0.717, 1.165) is 18.6 Å². The number of carbonyl (C=O) groups excluding carboxylic acids is 1. The molecule has 0 aliphatic rings. The van der Waals surface area contributed by atoms with Crippen molar-refractivity contribution >= 4 is 22.6 Å². The van der Waals surface area contributed by atoms with Crippen LogP contribution in [0.5, 0.6) is 5.75 Å². The molecule has 29 heavy (non-hydrogen) atoms. The molecular formula is C21H18F3NO4. The fourth-order valence-corrected chi connectivity index (χ4v) is 3.09. The highest BCUT2D eigenvalue weighted by Gasteiger charge is 2.33. The van der Waals surface area contributed by atoms with E-state index in [1.54, 1.807) is 12.1 Å². The predicted molar refractivity (Wildman–Crippen MR) is 102 cm³/mol. The summed E-state index contributed by atoms with van der Waals surface area (Å²) in [5, 5.41) is 2.63. The van der Waals surface area contributed by atoms with Crippen LogP contribution in [-0.4, -0.2) is 13.0 Å². The van der Waals surface area contributed by atoms with Gasteiger partial charge in [-0.05, 0) is 36.8 Å². The Morgan fingerprint density at radius 2 is 1.90 bits per heavy atom. The molecule has 5 nitrogen and oxygen atoms in total. The second kappa shape index (κ2) is 7.98. The van der Waals surface area contributed by atoms with Gasteiger partial charge in [0.15, 0.2) is 0 Å². The van der Waals surface area contributed by atoms with Gasteiger partial charge in [-0.15, -0.1) is 0 Å². The molecule has 0 unspecified atom stereocenters. The lowest BCUT2D eigenvalue weighted by atomic mass is 10.0. The molecule has 1 amide bonds. The zero-order valence-corrected chi connectivity index (χ0v) is 15.7. The average Bonchev–Trinajstić information content (AvgIpc) is 2.67. The SMILES string of the molecule is CCCc1c(OC)ccc2cc(C(=O)Nc3ccccc3C(F)(F)F)c(=O)oc12. The van der Waals surface area contributed by atoms with Gasteiger partial charge in [-0.2, -0.15) is 13.2 Å². The molecule has 152 valence electrons. The van der Waals surface area contributed by atoms with E-state index in [1.165, 1.54) is 25.3 Å². The Morgan fingerprint density at radius 3 is 2.55 bits per heavy atom. The minimum absolute atomic E-state index is 0.295. The monoisotopic (exact) mass is 405 g/mol. The molecule has 1 aromatic heterocycles. The number of amides is 1. The molecule has 0 bridgehead atoms. The van der Waals surface area contributed by atoms with Crippen LogP contribution < -0.4 is 15.7 Å². The number of anilines is 1. The number of methoxy groups -OCH3 is 1. The van der Waals surface area contributed by atoms with Crippen molar-refractivity contribution in [1.82, 2.24) is 0 Å². The number of ether oxygens (including phenoxy) is 1. The molecule has 0 saturated carbocycles. The van der Waals surface area contributed by atoms with Crippen molar-refractivity contribution < 1.29 is 27.1 Å². The summed E-state index contributed by atoms with van der Waals surface area (Å²) in [5.41, 5.74) is -1.78. The van der Waals surface area contributed by atoms with Gasteiger partial charge in [0.05, 0.1) is 18.4 Å². The van der Waals surface area contributed by atoms with Gasteiger partial charge in [0.1, 0.15) is 16.9 Å². The quantitative estimate of drug-likeness (QED) is 0.605. The molecule has 1 heterocycles.